The fraction of sp³-hybridized carbons (Fsp3) is 0.0625. The minimum atomic E-state index is 0.150. The van der Waals surface area contributed by atoms with Crippen LogP contribution in [0.15, 0.2) is 46.9 Å². The van der Waals surface area contributed by atoms with Crippen molar-refractivity contribution in [2.24, 2.45) is 0 Å². The van der Waals surface area contributed by atoms with Crippen molar-refractivity contribution in [3.8, 4) is 11.8 Å². The number of ether oxygens (including phenoxy) is 1. The number of nitrogens with two attached hydrogens (primary N) is 1. The van der Waals surface area contributed by atoms with Crippen LogP contribution in [0.1, 0.15) is 11.3 Å². The molecule has 0 atom stereocenters. The SMILES string of the molecule is N#Cc1oc2ccccc2c1OCc1cc(Cl)ccc1N. The van der Waals surface area contributed by atoms with E-state index in [0.717, 1.165) is 10.9 Å². The smallest absolute Gasteiger partial charge is 0.246 e. The van der Waals surface area contributed by atoms with Gasteiger partial charge < -0.3 is 14.9 Å². The van der Waals surface area contributed by atoms with Crippen molar-refractivity contribution in [2.45, 2.75) is 6.61 Å². The molecule has 0 spiro atoms. The average molecular weight is 299 g/mol. The van der Waals surface area contributed by atoms with Crippen molar-refractivity contribution in [1.29, 1.82) is 5.26 Å². The number of nitrogens with zero attached hydrogens (tertiary/aromatic N) is 1. The molecular formula is C16H11ClN2O2. The number of benzene rings is 2. The highest BCUT2D eigenvalue weighted by Gasteiger charge is 2.15. The van der Waals surface area contributed by atoms with Crippen molar-refractivity contribution < 1.29 is 9.15 Å². The Bertz CT molecular complexity index is 849. The van der Waals surface area contributed by atoms with Gasteiger partial charge in [-0.3, -0.25) is 0 Å². The summed E-state index contributed by atoms with van der Waals surface area (Å²) < 4.78 is 11.2. The van der Waals surface area contributed by atoms with Gasteiger partial charge in [-0.05, 0) is 30.3 Å². The van der Waals surface area contributed by atoms with Gasteiger partial charge in [0.15, 0.2) is 5.75 Å². The number of para-hydroxylation sites is 1. The molecule has 0 amide bonds. The predicted octanol–water partition coefficient (Wildman–Crippen LogP) is 4.12. The molecule has 0 aliphatic carbocycles. The lowest BCUT2D eigenvalue weighted by Gasteiger charge is -2.08. The Balaban J connectivity index is 1.95. The number of furan rings is 1. The molecule has 4 nitrogen and oxygen atoms in total. The molecule has 0 radical (unpaired) electrons. The average Bonchev–Trinajstić information content (AvgIpc) is 2.86. The van der Waals surface area contributed by atoms with Gasteiger partial charge in [0, 0.05) is 16.3 Å². The molecule has 0 bridgehead atoms. The van der Waals surface area contributed by atoms with Crippen LogP contribution < -0.4 is 10.5 Å². The van der Waals surface area contributed by atoms with Crippen LogP contribution in [0, 0.1) is 11.3 Å². The van der Waals surface area contributed by atoms with Gasteiger partial charge in [0.05, 0.1) is 5.39 Å². The Morgan fingerprint density at radius 2 is 2.05 bits per heavy atom. The lowest BCUT2D eigenvalue weighted by atomic mass is 10.2. The third-order valence-corrected chi connectivity index (χ3v) is 3.36. The molecule has 3 rings (SSSR count). The number of halogens is 1. The van der Waals surface area contributed by atoms with Crippen LogP contribution >= 0.6 is 11.6 Å². The topological polar surface area (TPSA) is 72.2 Å². The van der Waals surface area contributed by atoms with Gasteiger partial charge in [-0.25, -0.2) is 0 Å². The first-order valence-corrected chi connectivity index (χ1v) is 6.65. The number of hydrogen-bond acceptors (Lipinski definition) is 4. The predicted molar refractivity (Wildman–Crippen MR) is 81.1 cm³/mol. The molecule has 0 saturated heterocycles. The summed E-state index contributed by atoms with van der Waals surface area (Å²) in [4.78, 5) is 0. The van der Waals surface area contributed by atoms with E-state index in [1.54, 1.807) is 24.3 Å². The monoisotopic (exact) mass is 298 g/mol. The lowest BCUT2D eigenvalue weighted by Crippen LogP contribution is -2.00. The summed E-state index contributed by atoms with van der Waals surface area (Å²) in [5, 5.41) is 10.5. The quantitative estimate of drug-likeness (QED) is 0.738. The van der Waals surface area contributed by atoms with E-state index in [1.807, 2.05) is 24.3 Å². The van der Waals surface area contributed by atoms with Crippen LogP contribution in [-0.4, -0.2) is 0 Å². The summed E-state index contributed by atoms with van der Waals surface area (Å²) in [5.41, 5.74) is 7.85. The third-order valence-electron chi connectivity index (χ3n) is 3.13. The van der Waals surface area contributed by atoms with Crippen molar-refractivity contribution in [2.75, 3.05) is 5.73 Å². The van der Waals surface area contributed by atoms with Crippen molar-refractivity contribution in [1.82, 2.24) is 0 Å². The molecule has 2 N–H and O–H groups in total. The van der Waals surface area contributed by atoms with Gasteiger partial charge in [0.1, 0.15) is 18.3 Å². The van der Waals surface area contributed by atoms with Crippen LogP contribution in [0.25, 0.3) is 11.0 Å². The van der Waals surface area contributed by atoms with E-state index in [9.17, 15) is 0 Å². The maximum Gasteiger partial charge on any atom is 0.246 e. The number of rotatable bonds is 3. The fourth-order valence-electron chi connectivity index (χ4n) is 2.09. The lowest BCUT2D eigenvalue weighted by molar-refractivity contribution is 0.304. The van der Waals surface area contributed by atoms with Gasteiger partial charge in [-0.15, -0.1) is 0 Å². The Morgan fingerprint density at radius 1 is 1.24 bits per heavy atom. The molecule has 3 aromatic rings. The zero-order valence-electron chi connectivity index (χ0n) is 11.0. The van der Waals surface area contributed by atoms with Crippen LogP contribution in [0.4, 0.5) is 5.69 Å². The molecule has 104 valence electrons. The molecule has 1 aromatic heterocycles. The summed E-state index contributed by atoms with van der Waals surface area (Å²) in [6.07, 6.45) is 0. The molecule has 0 unspecified atom stereocenters. The first-order chi connectivity index (χ1) is 10.2. The number of fused-ring (bicyclic) bond motifs is 1. The summed E-state index contributed by atoms with van der Waals surface area (Å²) in [6, 6.07) is 14.5. The van der Waals surface area contributed by atoms with E-state index in [0.29, 0.717) is 22.0 Å². The summed E-state index contributed by atoms with van der Waals surface area (Å²) in [6.45, 7) is 0.213. The zero-order chi connectivity index (χ0) is 14.8. The Morgan fingerprint density at radius 3 is 2.86 bits per heavy atom. The highest BCUT2D eigenvalue weighted by molar-refractivity contribution is 6.30. The molecule has 2 aromatic carbocycles. The van der Waals surface area contributed by atoms with Crippen LogP contribution in [0.3, 0.4) is 0 Å². The number of anilines is 1. The van der Waals surface area contributed by atoms with E-state index in [1.165, 1.54) is 0 Å². The fourth-order valence-corrected chi connectivity index (χ4v) is 2.28. The third kappa shape index (κ3) is 2.51. The molecule has 0 aliphatic heterocycles. The highest BCUT2D eigenvalue weighted by Crippen LogP contribution is 2.33. The maximum atomic E-state index is 9.15. The van der Waals surface area contributed by atoms with E-state index in [4.69, 9.17) is 31.8 Å². The minimum absolute atomic E-state index is 0.150. The van der Waals surface area contributed by atoms with Crippen LogP contribution in [-0.2, 0) is 6.61 Å². The molecule has 0 saturated carbocycles. The zero-order valence-corrected chi connectivity index (χ0v) is 11.7. The highest BCUT2D eigenvalue weighted by atomic mass is 35.5. The van der Waals surface area contributed by atoms with E-state index in [2.05, 4.69) is 0 Å². The van der Waals surface area contributed by atoms with Gasteiger partial charge in [-0.1, -0.05) is 23.7 Å². The molecule has 0 fully saturated rings. The van der Waals surface area contributed by atoms with Crippen molar-refractivity contribution >= 4 is 28.3 Å². The normalized spacial score (nSPS) is 10.5. The van der Waals surface area contributed by atoms with Crippen molar-refractivity contribution in [3.63, 3.8) is 0 Å². The molecule has 5 heteroatoms. The molecule has 0 aliphatic rings. The first-order valence-electron chi connectivity index (χ1n) is 6.27. The van der Waals surface area contributed by atoms with Gasteiger partial charge in [0.2, 0.25) is 5.76 Å². The van der Waals surface area contributed by atoms with Crippen LogP contribution in [0.5, 0.6) is 5.75 Å². The number of hydrogen-bond donors (Lipinski definition) is 1. The van der Waals surface area contributed by atoms with Gasteiger partial charge >= 0.3 is 0 Å². The summed E-state index contributed by atoms with van der Waals surface area (Å²) in [7, 11) is 0. The van der Waals surface area contributed by atoms with Gasteiger partial charge in [-0.2, -0.15) is 5.26 Å². The Labute approximate surface area is 126 Å². The number of nitrogen functional groups attached to an aromatic ring is 1. The molecular weight excluding hydrogens is 288 g/mol. The largest absolute Gasteiger partial charge is 0.483 e. The second kappa shape index (κ2) is 5.39. The van der Waals surface area contributed by atoms with Crippen molar-refractivity contribution in [3.05, 3.63) is 58.8 Å². The Hall–Kier alpha value is -2.64. The first kappa shape index (κ1) is 13.3. The Kier molecular flexibility index (Phi) is 3.43. The summed E-state index contributed by atoms with van der Waals surface area (Å²) in [5.74, 6) is 0.573. The minimum Gasteiger partial charge on any atom is -0.483 e. The van der Waals surface area contributed by atoms with E-state index in [-0.39, 0.29) is 12.4 Å². The standard InChI is InChI=1S/C16H11ClN2O2/c17-11-5-6-13(19)10(7-11)9-20-16-12-3-1-2-4-14(12)21-15(16)8-18/h1-7H,9,19H2. The van der Waals surface area contributed by atoms with E-state index >= 15 is 0 Å². The van der Waals surface area contributed by atoms with E-state index < -0.39 is 0 Å². The summed E-state index contributed by atoms with van der Waals surface area (Å²) >= 11 is 5.95. The molecule has 1 heterocycles. The number of nitriles is 1. The second-order valence-electron chi connectivity index (χ2n) is 4.50. The van der Waals surface area contributed by atoms with Crippen LogP contribution in [0.2, 0.25) is 5.02 Å². The second-order valence-corrected chi connectivity index (χ2v) is 4.94. The molecule has 21 heavy (non-hydrogen) atoms. The van der Waals surface area contributed by atoms with Gasteiger partial charge in [0.25, 0.3) is 0 Å². The maximum absolute atomic E-state index is 9.15.